The predicted octanol–water partition coefficient (Wildman–Crippen LogP) is 5.66. The summed E-state index contributed by atoms with van der Waals surface area (Å²) >= 11 is 0. The van der Waals surface area contributed by atoms with E-state index in [1.165, 1.54) is 70.6 Å². The van der Waals surface area contributed by atoms with Crippen LogP contribution in [0.4, 0.5) is 0 Å². The molecule has 0 aliphatic rings. The van der Waals surface area contributed by atoms with E-state index in [2.05, 4.69) is 13.8 Å². The lowest BCUT2D eigenvalue weighted by Gasteiger charge is -2.04. The molecule has 0 saturated heterocycles. The Labute approximate surface area is 156 Å². The molecule has 0 aliphatic carbocycles. The second-order valence-electron chi connectivity index (χ2n) is 7.06. The largest absolute Gasteiger partial charge is 0.481 e. The summed E-state index contributed by atoms with van der Waals surface area (Å²) in [4.78, 5) is 10.3. The van der Waals surface area contributed by atoms with Crippen molar-refractivity contribution in [3.05, 3.63) is 0 Å². The molecule has 0 aromatic carbocycles. The summed E-state index contributed by atoms with van der Waals surface area (Å²) in [6.07, 6.45) is 18.5. The normalized spacial score (nSPS) is 11.7. The standard InChI is InChI=1S/C14H28O2.C7H17NO/c1-2-3-4-5-6-7-8-9-10-11-12-13-14(15)16;1-2-3-4-5-7(9)6-8/h2-13H2,1H3,(H,15,16);7,9H,2-6,8H2,1H3. The number of rotatable bonds is 17. The van der Waals surface area contributed by atoms with Crippen LogP contribution in [-0.4, -0.2) is 28.8 Å². The van der Waals surface area contributed by atoms with Crippen LogP contribution in [-0.2, 0) is 4.79 Å². The number of hydrogen-bond acceptors (Lipinski definition) is 3. The van der Waals surface area contributed by atoms with Crippen molar-refractivity contribution < 1.29 is 15.0 Å². The third kappa shape index (κ3) is 28.5. The van der Waals surface area contributed by atoms with Crippen LogP contribution in [0.2, 0.25) is 0 Å². The molecule has 4 nitrogen and oxygen atoms in total. The van der Waals surface area contributed by atoms with Crippen molar-refractivity contribution in [3.8, 4) is 0 Å². The average Bonchev–Trinajstić information content (AvgIpc) is 2.60. The van der Waals surface area contributed by atoms with E-state index < -0.39 is 5.97 Å². The first kappa shape index (κ1) is 26.6. The topological polar surface area (TPSA) is 83.5 Å². The van der Waals surface area contributed by atoms with Gasteiger partial charge in [0.1, 0.15) is 0 Å². The molecule has 1 unspecified atom stereocenters. The Hall–Kier alpha value is -0.610. The molecule has 0 fully saturated rings. The SMILES string of the molecule is CCCCCC(O)CN.CCCCCCCCCCCCCC(=O)O. The molecule has 152 valence electrons. The number of nitrogens with two attached hydrogens (primary N) is 1. The van der Waals surface area contributed by atoms with Gasteiger partial charge in [0.15, 0.2) is 0 Å². The number of unbranched alkanes of at least 4 members (excludes halogenated alkanes) is 12. The Morgan fingerprint density at radius 3 is 1.56 bits per heavy atom. The highest BCUT2D eigenvalue weighted by Gasteiger charge is 1.98. The molecule has 1 atom stereocenters. The summed E-state index contributed by atoms with van der Waals surface area (Å²) in [7, 11) is 0. The van der Waals surface area contributed by atoms with Gasteiger partial charge in [-0.3, -0.25) is 4.79 Å². The van der Waals surface area contributed by atoms with E-state index in [1.54, 1.807) is 0 Å². The fourth-order valence-electron chi connectivity index (χ4n) is 2.69. The molecule has 0 saturated carbocycles. The van der Waals surface area contributed by atoms with Gasteiger partial charge in [0.25, 0.3) is 0 Å². The van der Waals surface area contributed by atoms with Gasteiger partial charge in [0, 0.05) is 13.0 Å². The summed E-state index contributed by atoms with van der Waals surface area (Å²) in [5.41, 5.74) is 5.20. The van der Waals surface area contributed by atoms with E-state index >= 15 is 0 Å². The number of carbonyl (C=O) groups is 1. The van der Waals surface area contributed by atoms with Gasteiger partial charge in [0.05, 0.1) is 6.10 Å². The van der Waals surface area contributed by atoms with Crippen LogP contribution in [0.3, 0.4) is 0 Å². The lowest BCUT2D eigenvalue weighted by atomic mass is 10.1. The molecule has 4 heteroatoms. The minimum atomic E-state index is -0.657. The summed E-state index contributed by atoms with van der Waals surface area (Å²) in [6, 6.07) is 0. The molecule has 0 bridgehead atoms. The number of hydrogen-bond donors (Lipinski definition) is 3. The van der Waals surface area contributed by atoms with Gasteiger partial charge >= 0.3 is 5.97 Å². The molecule has 4 N–H and O–H groups in total. The maximum absolute atomic E-state index is 10.3. The van der Waals surface area contributed by atoms with Gasteiger partial charge in [-0.05, 0) is 12.8 Å². The molecule has 0 aliphatic heterocycles. The van der Waals surface area contributed by atoms with Gasteiger partial charge in [0.2, 0.25) is 0 Å². The van der Waals surface area contributed by atoms with Gasteiger partial charge in [-0.25, -0.2) is 0 Å². The van der Waals surface area contributed by atoms with Gasteiger partial charge < -0.3 is 15.9 Å². The highest BCUT2D eigenvalue weighted by molar-refractivity contribution is 5.66. The van der Waals surface area contributed by atoms with Crippen LogP contribution < -0.4 is 5.73 Å². The second kappa shape index (κ2) is 23.4. The molecule has 0 aromatic rings. The van der Waals surface area contributed by atoms with Crippen molar-refractivity contribution >= 4 is 5.97 Å². The lowest BCUT2D eigenvalue weighted by Crippen LogP contribution is -2.19. The molecular formula is C21H45NO3. The van der Waals surface area contributed by atoms with Crippen molar-refractivity contribution in [1.29, 1.82) is 0 Å². The van der Waals surface area contributed by atoms with Gasteiger partial charge in [-0.1, -0.05) is 97.3 Å². The van der Waals surface area contributed by atoms with Crippen molar-refractivity contribution in [2.45, 2.75) is 123 Å². The summed E-state index contributed by atoms with van der Waals surface area (Å²) in [5.74, 6) is -0.657. The number of carboxylic acid groups (broad SMARTS) is 1. The van der Waals surface area contributed by atoms with E-state index in [-0.39, 0.29) is 6.10 Å². The van der Waals surface area contributed by atoms with Crippen LogP contribution in [0.1, 0.15) is 117 Å². The Balaban J connectivity index is 0. The van der Waals surface area contributed by atoms with Crippen LogP contribution in [0, 0.1) is 0 Å². The first-order valence-corrected chi connectivity index (χ1v) is 10.7. The van der Waals surface area contributed by atoms with Crippen molar-refractivity contribution in [2.75, 3.05) is 6.54 Å². The monoisotopic (exact) mass is 359 g/mol. The Morgan fingerprint density at radius 1 is 0.760 bits per heavy atom. The minimum Gasteiger partial charge on any atom is -0.481 e. The smallest absolute Gasteiger partial charge is 0.303 e. The maximum atomic E-state index is 10.3. The summed E-state index contributed by atoms with van der Waals surface area (Å²) in [6.45, 7) is 4.80. The fourth-order valence-corrected chi connectivity index (χ4v) is 2.69. The first-order chi connectivity index (χ1) is 12.1. The molecule has 0 radical (unpaired) electrons. The Kier molecular flexibility index (Phi) is 24.9. The molecule has 0 spiro atoms. The third-order valence-corrected chi connectivity index (χ3v) is 4.41. The van der Waals surface area contributed by atoms with Crippen LogP contribution in [0.5, 0.6) is 0 Å². The second-order valence-corrected chi connectivity index (χ2v) is 7.06. The zero-order valence-corrected chi connectivity index (χ0v) is 17.0. The van der Waals surface area contributed by atoms with Crippen LogP contribution >= 0.6 is 0 Å². The van der Waals surface area contributed by atoms with E-state index in [0.29, 0.717) is 13.0 Å². The zero-order valence-electron chi connectivity index (χ0n) is 17.0. The number of aliphatic hydroxyl groups is 1. The highest BCUT2D eigenvalue weighted by Crippen LogP contribution is 2.11. The minimum absolute atomic E-state index is 0.267. The van der Waals surface area contributed by atoms with Gasteiger partial charge in [-0.15, -0.1) is 0 Å². The number of aliphatic carboxylic acids is 1. The number of aliphatic hydroxyl groups excluding tert-OH is 1. The maximum Gasteiger partial charge on any atom is 0.303 e. The Bertz CT molecular complexity index is 260. The highest BCUT2D eigenvalue weighted by atomic mass is 16.4. The van der Waals surface area contributed by atoms with Crippen molar-refractivity contribution in [2.24, 2.45) is 5.73 Å². The molecule has 0 rings (SSSR count). The first-order valence-electron chi connectivity index (χ1n) is 10.7. The molecule has 0 aromatic heterocycles. The van der Waals surface area contributed by atoms with Crippen LogP contribution in [0.15, 0.2) is 0 Å². The quantitative estimate of drug-likeness (QED) is 0.293. The van der Waals surface area contributed by atoms with Crippen molar-refractivity contribution in [3.63, 3.8) is 0 Å². The van der Waals surface area contributed by atoms with Crippen molar-refractivity contribution in [1.82, 2.24) is 0 Å². The lowest BCUT2D eigenvalue weighted by molar-refractivity contribution is -0.137. The Morgan fingerprint density at radius 2 is 1.16 bits per heavy atom. The molecule has 0 amide bonds. The van der Waals surface area contributed by atoms with Crippen LogP contribution in [0.25, 0.3) is 0 Å². The molecule has 25 heavy (non-hydrogen) atoms. The third-order valence-electron chi connectivity index (χ3n) is 4.41. The van der Waals surface area contributed by atoms with Gasteiger partial charge in [-0.2, -0.15) is 0 Å². The fraction of sp³-hybridized carbons (Fsp3) is 0.952. The average molecular weight is 360 g/mol. The van der Waals surface area contributed by atoms with E-state index in [0.717, 1.165) is 25.7 Å². The predicted molar refractivity (Wildman–Crippen MR) is 108 cm³/mol. The summed E-state index contributed by atoms with van der Waals surface area (Å²) < 4.78 is 0. The molecule has 0 heterocycles. The van der Waals surface area contributed by atoms with E-state index in [1.807, 2.05) is 0 Å². The zero-order chi connectivity index (χ0) is 19.2. The van der Waals surface area contributed by atoms with E-state index in [4.69, 9.17) is 15.9 Å². The summed E-state index contributed by atoms with van der Waals surface area (Å²) in [5, 5.41) is 17.4. The molecular weight excluding hydrogens is 314 g/mol. The number of carboxylic acids is 1. The van der Waals surface area contributed by atoms with E-state index in [9.17, 15) is 4.79 Å².